The van der Waals surface area contributed by atoms with Crippen molar-refractivity contribution >= 4 is 17.0 Å². The zero-order valence-electron chi connectivity index (χ0n) is 22.7. The molecule has 0 aliphatic carbocycles. The van der Waals surface area contributed by atoms with Crippen LogP contribution in [0.25, 0.3) is 11.0 Å². The topological polar surface area (TPSA) is 143 Å². The van der Waals surface area contributed by atoms with Crippen LogP contribution in [0.5, 0.6) is 0 Å². The molecule has 0 aromatic carbocycles. The number of fused-ring (bicyclic) bond motifs is 1. The van der Waals surface area contributed by atoms with Gasteiger partial charge in [0.25, 0.3) is 5.56 Å². The number of ether oxygens (including phenoxy) is 5. The Morgan fingerprint density at radius 3 is 2.31 bits per heavy atom. The summed E-state index contributed by atoms with van der Waals surface area (Å²) in [5.41, 5.74) is 5.86. The Morgan fingerprint density at radius 1 is 1.14 bits per heavy atom. The highest BCUT2D eigenvalue weighted by Crippen LogP contribution is 2.32. The highest BCUT2D eigenvalue weighted by Gasteiger charge is 2.37. The number of nitrogens with one attached hydrogen (secondary N) is 1. The lowest BCUT2D eigenvalue weighted by atomic mass is 10.2. The van der Waals surface area contributed by atoms with Crippen LogP contribution in [0.15, 0.2) is 17.1 Å². The molecule has 1 aliphatic rings. The maximum Gasteiger partial charge on any atom is 0.261 e. The Bertz CT molecular complexity index is 879. The smallest absolute Gasteiger partial charge is 0.261 e. The average molecular weight is 515 g/mol. The molecule has 2 aromatic heterocycles. The number of anilines is 1. The molecule has 11 nitrogen and oxygen atoms in total. The number of aliphatic hydroxyl groups excluding tert-OH is 1. The molecule has 0 radical (unpaired) electrons. The van der Waals surface area contributed by atoms with Gasteiger partial charge in [0.1, 0.15) is 18.4 Å². The summed E-state index contributed by atoms with van der Waals surface area (Å²) in [5.74, 6) is 0.0854. The van der Waals surface area contributed by atoms with Crippen LogP contribution in [0.3, 0.4) is 0 Å². The van der Waals surface area contributed by atoms with Crippen molar-refractivity contribution in [1.82, 2.24) is 14.5 Å². The minimum absolute atomic E-state index is 0.0632. The molecule has 1 fully saturated rings. The van der Waals surface area contributed by atoms with E-state index >= 15 is 0 Å². The van der Waals surface area contributed by atoms with Gasteiger partial charge in [-0.05, 0) is 6.07 Å². The van der Waals surface area contributed by atoms with Crippen molar-refractivity contribution < 1.29 is 28.8 Å². The number of rotatable bonds is 12. The Labute approximate surface area is 214 Å². The maximum absolute atomic E-state index is 11.8. The molecule has 2 aromatic rings. The van der Waals surface area contributed by atoms with E-state index < -0.39 is 6.10 Å². The van der Waals surface area contributed by atoms with Crippen molar-refractivity contribution in [3.8, 4) is 0 Å². The third kappa shape index (κ3) is 10.5. The van der Waals surface area contributed by atoms with Crippen molar-refractivity contribution in [2.75, 3.05) is 54.0 Å². The van der Waals surface area contributed by atoms with Gasteiger partial charge in [-0.25, -0.2) is 0 Å². The zero-order valence-corrected chi connectivity index (χ0v) is 22.7. The molecule has 3 heterocycles. The van der Waals surface area contributed by atoms with Gasteiger partial charge >= 0.3 is 0 Å². The molecule has 4 N–H and O–H groups in total. The van der Waals surface area contributed by atoms with E-state index in [9.17, 15) is 4.79 Å². The molecule has 0 saturated carbocycles. The summed E-state index contributed by atoms with van der Waals surface area (Å²) in [5, 5.41) is 9.28. The third-order valence-electron chi connectivity index (χ3n) is 5.65. The molecular weight excluding hydrogens is 468 g/mol. The molecule has 1 aliphatic heterocycles. The lowest BCUT2D eigenvalue weighted by molar-refractivity contribution is -0.0596. The first-order valence-electron chi connectivity index (χ1n) is 12.6. The number of hydrogen-bond donors (Lipinski definition) is 3. The number of methoxy groups -OCH3 is 4. The Morgan fingerprint density at radius 2 is 1.78 bits per heavy atom. The monoisotopic (exact) mass is 514 g/mol. The van der Waals surface area contributed by atoms with Gasteiger partial charge in [-0.1, -0.05) is 46.0 Å². The first-order valence-corrected chi connectivity index (χ1v) is 12.6. The van der Waals surface area contributed by atoms with Crippen molar-refractivity contribution in [2.24, 2.45) is 0 Å². The third-order valence-corrected chi connectivity index (χ3v) is 5.65. The summed E-state index contributed by atoms with van der Waals surface area (Å²) in [4.78, 5) is 18.5. The predicted molar refractivity (Wildman–Crippen MR) is 140 cm³/mol. The fourth-order valence-corrected chi connectivity index (χ4v) is 3.84. The predicted octanol–water partition coefficient (Wildman–Crippen LogP) is 2.87. The van der Waals surface area contributed by atoms with Crippen LogP contribution in [0.4, 0.5) is 5.95 Å². The molecule has 0 spiro atoms. The first-order chi connectivity index (χ1) is 17.4. The van der Waals surface area contributed by atoms with Crippen LogP contribution in [0, 0.1) is 0 Å². The Hall–Kier alpha value is -2.02. The number of hydrogen-bond acceptors (Lipinski definition) is 9. The minimum Gasteiger partial charge on any atom is -0.388 e. The second kappa shape index (κ2) is 18.3. The lowest BCUT2D eigenvalue weighted by Crippen LogP contribution is -2.27. The normalized spacial score (nSPS) is 19.2. The first kappa shape index (κ1) is 32.0. The molecule has 1 saturated heterocycles. The van der Waals surface area contributed by atoms with Gasteiger partial charge in [0.05, 0.1) is 31.3 Å². The number of H-pyrrole nitrogens is 1. The van der Waals surface area contributed by atoms with Gasteiger partial charge in [-0.15, -0.1) is 0 Å². The number of nitrogens with two attached hydrogens (primary N) is 1. The van der Waals surface area contributed by atoms with E-state index in [1.807, 2.05) is 4.57 Å². The molecule has 3 unspecified atom stereocenters. The quantitative estimate of drug-likeness (QED) is 0.364. The van der Waals surface area contributed by atoms with Crippen molar-refractivity contribution in [3.05, 3.63) is 22.6 Å². The lowest BCUT2D eigenvalue weighted by Gasteiger charge is -2.16. The van der Waals surface area contributed by atoms with Crippen LogP contribution in [0.2, 0.25) is 0 Å². The van der Waals surface area contributed by atoms with E-state index in [1.165, 1.54) is 32.1 Å². The fraction of sp³-hybridized carbons (Fsp3) is 0.760. The summed E-state index contributed by atoms with van der Waals surface area (Å²) in [6.45, 7) is 5.62. The molecule has 36 heavy (non-hydrogen) atoms. The van der Waals surface area contributed by atoms with Crippen LogP contribution < -0.4 is 11.3 Å². The number of aliphatic hydroxyl groups is 1. The van der Waals surface area contributed by atoms with Gasteiger partial charge in [-0.2, -0.15) is 4.98 Å². The van der Waals surface area contributed by atoms with E-state index in [2.05, 4.69) is 33.3 Å². The Kier molecular flexibility index (Phi) is 16.2. The number of nitrogens with zero attached hydrogens (tertiary/aromatic N) is 2. The zero-order chi connectivity index (χ0) is 26.9. The SMILES string of the molecule is CCCCCCC.COCC(O)COC.COCC1OC(n2ccc3c(=O)[nH]c(N)nc32)CC1OC. The average Bonchev–Trinajstić information content (AvgIpc) is 3.45. The van der Waals surface area contributed by atoms with Crippen molar-refractivity contribution in [2.45, 2.75) is 76.9 Å². The van der Waals surface area contributed by atoms with Crippen molar-refractivity contribution in [3.63, 3.8) is 0 Å². The summed E-state index contributed by atoms with van der Waals surface area (Å²) in [6.07, 6.45) is 8.48. The van der Waals surface area contributed by atoms with Gasteiger partial charge in [-0.3, -0.25) is 9.78 Å². The Balaban J connectivity index is 0.000000358. The van der Waals surface area contributed by atoms with Crippen LogP contribution >= 0.6 is 0 Å². The standard InChI is InChI=1S/C13H18N4O4.C7H16.C5H12O3/c1-19-6-9-8(20-2)5-10(21-9)17-4-3-7-11(17)15-13(14)16-12(7)18;1-3-5-7-6-4-2;1-7-3-5(6)4-8-2/h3-4,8-10H,5-6H2,1-2H3,(H3,14,15,16,18);3-7H2,1-2H3;5-6H,3-4H2,1-2H3. The molecule has 3 atom stereocenters. The molecule has 11 heteroatoms. The highest BCUT2D eigenvalue weighted by molar-refractivity contribution is 5.76. The minimum atomic E-state index is -0.481. The molecular formula is C25H46N4O7. The summed E-state index contributed by atoms with van der Waals surface area (Å²) in [7, 11) is 6.35. The summed E-state index contributed by atoms with van der Waals surface area (Å²) in [6, 6.07) is 1.70. The summed E-state index contributed by atoms with van der Waals surface area (Å²) >= 11 is 0. The summed E-state index contributed by atoms with van der Waals surface area (Å²) < 4.78 is 27.6. The number of aromatic amines is 1. The molecule has 3 rings (SSSR count). The van der Waals surface area contributed by atoms with E-state index in [0.29, 0.717) is 37.3 Å². The molecule has 208 valence electrons. The number of unbranched alkanes of at least 4 members (excludes halogenated alkanes) is 4. The largest absolute Gasteiger partial charge is 0.388 e. The second-order valence-corrected chi connectivity index (χ2v) is 8.63. The highest BCUT2D eigenvalue weighted by atomic mass is 16.6. The van der Waals surface area contributed by atoms with Gasteiger partial charge in [0.15, 0.2) is 5.65 Å². The van der Waals surface area contributed by atoms with Gasteiger partial charge < -0.3 is 39.1 Å². The van der Waals surface area contributed by atoms with Gasteiger partial charge in [0, 0.05) is 41.1 Å². The molecule has 0 amide bonds. The number of aromatic nitrogens is 3. The van der Waals surface area contributed by atoms with E-state index in [4.69, 9.17) is 25.1 Å². The van der Waals surface area contributed by atoms with Crippen LogP contribution in [-0.4, -0.2) is 86.2 Å². The molecule has 0 bridgehead atoms. The van der Waals surface area contributed by atoms with E-state index in [-0.39, 0.29) is 29.9 Å². The second-order valence-electron chi connectivity index (χ2n) is 8.63. The van der Waals surface area contributed by atoms with E-state index in [0.717, 1.165) is 0 Å². The van der Waals surface area contributed by atoms with E-state index in [1.54, 1.807) is 40.7 Å². The maximum atomic E-state index is 11.8. The van der Waals surface area contributed by atoms with Crippen LogP contribution in [0.1, 0.15) is 58.6 Å². The van der Waals surface area contributed by atoms with Crippen molar-refractivity contribution in [1.29, 1.82) is 0 Å². The fourth-order valence-electron chi connectivity index (χ4n) is 3.84. The van der Waals surface area contributed by atoms with Gasteiger partial charge in [0.2, 0.25) is 5.95 Å². The van der Waals surface area contributed by atoms with Crippen LogP contribution in [-0.2, 0) is 23.7 Å². The number of nitrogen functional groups attached to an aromatic ring is 1.